The van der Waals surface area contributed by atoms with E-state index in [1.165, 1.54) is 0 Å². The van der Waals surface area contributed by atoms with Crippen LogP contribution in [0.1, 0.15) is 5.69 Å². The van der Waals surface area contributed by atoms with Crippen LogP contribution in [-0.4, -0.2) is 4.98 Å². The minimum Gasteiger partial charge on any atom is -0.241 e. The highest BCUT2D eigenvalue weighted by Crippen LogP contribution is 2.25. The number of thiazole rings is 1. The Balaban J connectivity index is 2.24. The van der Waals surface area contributed by atoms with E-state index in [9.17, 15) is 0 Å². The van der Waals surface area contributed by atoms with Crippen LogP contribution < -0.4 is 0 Å². The maximum Gasteiger partial charge on any atom is 0.123 e. The summed E-state index contributed by atoms with van der Waals surface area (Å²) in [6.45, 7) is 0.309. The maximum absolute atomic E-state index is 8.21. The second-order valence-corrected chi connectivity index (χ2v) is 4.81. The van der Waals surface area contributed by atoms with Crippen molar-refractivity contribution in [1.82, 2.24) is 4.98 Å². The normalized spacial score (nSPS) is 9.81. The SMILES string of the molecule is [N-]=[N+]=NCc1csc(-c2ccc(Br)cc2)n1. The molecule has 0 radical (unpaired) electrons. The van der Waals surface area contributed by atoms with Gasteiger partial charge in [-0.15, -0.1) is 11.3 Å². The van der Waals surface area contributed by atoms with Crippen molar-refractivity contribution in [3.05, 3.63) is 50.3 Å². The fraction of sp³-hybridized carbons (Fsp3) is 0.100. The fourth-order valence-electron chi connectivity index (χ4n) is 1.21. The average molecular weight is 295 g/mol. The molecule has 0 aliphatic carbocycles. The molecule has 0 saturated carbocycles. The summed E-state index contributed by atoms with van der Waals surface area (Å²) >= 11 is 4.93. The first kappa shape index (κ1) is 11.1. The first-order valence-corrected chi connectivity index (χ1v) is 6.18. The number of aromatic nitrogens is 1. The van der Waals surface area contributed by atoms with Crippen LogP contribution in [0.4, 0.5) is 0 Å². The highest BCUT2D eigenvalue weighted by molar-refractivity contribution is 9.10. The molecule has 1 aromatic carbocycles. The molecule has 1 heterocycles. The number of hydrogen-bond acceptors (Lipinski definition) is 3. The summed E-state index contributed by atoms with van der Waals surface area (Å²) in [5.41, 5.74) is 10.1. The van der Waals surface area contributed by atoms with Gasteiger partial charge in [0.15, 0.2) is 0 Å². The molecule has 0 N–H and O–H groups in total. The molecule has 4 nitrogen and oxygen atoms in total. The minimum atomic E-state index is 0.309. The lowest BCUT2D eigenvalue weighted by Crippen LogP contribution is -1.80. The van der Waals surface area contributed by atoms with Crippen LogP contribution in [0, 0.1) is 0 Å². The van der Waals surface area contributed by atoms with E-state index >= 15 is 0 Å². The quantitative estimate of drug-likeness (QED) is 0.470. The number of hydrogen-bond donors (Lipinski definition) is 0. The van der Waals surface area contributed by atoms with Gasteiger partial charge in [0.1, 0.15) is 5.01 Å². The third-order valence-electron chi connectivity index (χ3n) is 1.94. The molecule has 0 amide bonds. The molecule has 0 atom stereocenters. The van der Waals surface area contributed by atoms with E-state index in [1.54, 1.807) is 11.3 Å². The Morgan fingerprint density at radius 1 is 1.38 bits per heavy atom. The van der Waals surface area contributed by atoms with Crippen LogP contribution in [0.15, 0.2) is 39.2 Å². The Hall–Kier alpha value is -1.36. The van der Waals surface area contributed by atoms with Gasteiger partial charge >= 0.3 is 0 Å². The van der Waals surface area contributed by atoms with Crippen molar-refractivity contribution < 1.29 is 0 Å². The van der Waals surface area contributed by atoms with Gasteiger partial charge in [0.25, 0.3) is 0 Å². The summed E-state index contributed by atoms with van der Waals surface area (Å²) in [6.07, 6.45) is 0. The van der Waals surface area contributed by atoms with Crippen LogP contribution >= 0.6 is 27.3 Å². The molecule has 1 aromatic heterocycles. The monoisotopic (exact) mass is 294 g/mol. The van der Waals surface area contributed by atoms with E-state index in [-0.39, 0.29) is 0 Å². The molecule has 0 spiro atoms. The van der Waals surface area contributed by atoms with Crippen molar-refractivity contribution in [3.8, 4) is 10.6 Å². The van der Waals surface area contributed by atoms with Crippen molar-refractivity contribution in [2.45, 2.75) is 6.54 Å². The first-order valence-electron chi connectivity index (χ1n) is 4.51. The lowest BCUT2D eigenvalue weighted by atomic mass is 10.2. The van der Waals surface area contributed by atoms with Crippen LogP contribution in [0.25, 0.3) is 21.0 Å². The molecule has 0 aliphatic heterocycles. The molecular formula is C10H7BrN4S. The van der Waals surface area contributed by atoms with Crippen molar-refractivity contribution >= 4 is 27.3 Å². The molecule has 0 fully saturated rings. The topological polar surface area (TPSA) is 61.7 Å². The molecule has 16 heavy (non-hydrogen) atoms. The molecule has 6 heteroatoms. The molecule has 0 saturated heterocycles. The number of halogens is 1. The summed E-state index contributed by atoms with van der Waals surface area (Å²) in [5, 5.41) is 6.33. The van der Waals surface area contributed by atoms with Crippen molar-refractivity contribution in [2.75, 3.05) is 0 Å². The third kappa shape index (κ3) is 2.61. The standard InChI is InChI=1S/C10H7BrN4S/c11-8-3-1-7(2-4-8)10-14-9(6-16-10)5-13-15-12/h1-4,6H,5H2. The molecule has 0 unspecified atom stereocenters. The van der Waals surface area contributed by atoms with Crippen LogP contribution in [0.5, 0.6) is 0 Å². The summed E-state index contributed by atoms with van der Waals surface area (Å²) in [4.78, 5) is 7.09. The summed E-state index contributed by atoms with van der Waals surface area (Å²) in [5.74, 6) is 0. The van der Waals surface area contributed by atoms with Gasteiger partial charge in [0.2, 0.25) is 0 Å². The number of rotatable bonds is 3. The Kier molecular flexibility index (Phi) is 3.56. The van der Waals surface area contributed by atoms with Gasteiger partial charge in [-0.25, -0.2) is 4.98 Å². The van der Waals surface area contributed by atoms with Crippen LogP contribution in [0.2, 0.25) is 0 Å². The minimum absolute atomic E-state index is 0.309. The zero-order valence-electron chi connectivity index (χ0n) is 8.17. The zero-order valence-corrected chi connectivity index (χ0v) is 10.6. The van der Waals surface area contributed by atoms with Gasteiger partial charge in [0.05, 0.1) is 12.2 Å². The van der Waals surface area contributed by atoms with Gasteiger partial charge in [-0.05, 0) is 17.7 Å². The van der Waals surface area contributed by atoms with Crippen LogP contribution in [0.3, 0.4) is 0 Å². The Morgan fingerprint density at radius 3 is 2.81 bits per heavy atom. The highest BCUT2D eigenvalue weighted by atomic mass is 79.9. The van der Waals surface area contributed by atoms with Gasteiger partial charge < -0.3 is 0 Å². The lowest BCUT2D eigenvalue weighted by Gasteiger charge is -1.95. The fourth-order valence-corrected chi connectivity index (χ4v) is 2.29. The van der Waals surface area contributed by atoms with Crippen molar-refractivity contribution in [3.63, 3.8) is 0 Å². The number of nitrogens with zero attached hydrogens (tertiary/aromatic N) is 4. The molecule has 0 bridgehead atoms. The summed E-state index contributed by atoms with van der Waals surface area (Å²) < 4.78 is 1.04. The Morgan fingerprint density at radius 2 is 2.12 bits per heavy atom. The van der Waals surface area contributed by atoms with Crippen molar-refractivity contribution in [2.24, 2.45) is 5.11 Å². The first-order chi connectivity index (χ1) is 7.79. The zero-order chi connectivity index (χ0) is 11.4. The van der Waals surface area contributed by atoms with Gasteiger partial charge in [0, 0.05) is 20.3 Å². The van der Waals surface area contributed by atoms with Gasteiger partial charge in [-0.1, -0.05) is 33.2 Å². The second kappa shape index (κ2) is 5.12. The number of benzene rings is 1. The lowest BCUT2D eigenvalue weighted by molar-refractivity contribution is 0.996. The molecular weight excluding hydrogens is 288 g/mol. The van der Waals surface area contributed by atoms with E-state index < -0.39 is 0 Å². The summed E-state index contributed by atoms with van der Waals surface area (Å²) in [7, 11) is 0. The Bertz CT molecular complexity index is 528. The van der Waals surface area contributed by atoms with E-state index in [0.29, 0.717) is 6.54 Å². The molecule has 2 rings (SSSR count). The van der Waals surface area contributed by atoms with Crippen LogP contribution in [-0.2, 0) is 6.54 Å². The highest BCUT2D eigenvalue weighted by Gasteiger charge is 2.03. The van der Waals surface area contributed by atoms with Gasteiger partial charge in [-0.2, -0.15) is 0 Å². The van der Waals surface area contributed by atoms with E-state index in [2.05, 4.69) is 30.9 Å². The number of azide groups is 1. The third-order valence-corrected chi connectivity index (χ3v) is 3.41. The predicted octanol–water partition coefficient (Wildman–Crippen LogP) is 4.38. The largest absolute Gasteiger partial charge is 0.241 e. The molecule has 80 valence electrons. The Labute approximate surface area is 105 Å². The van der Waals surface area contributed by atoms with Gasteiger partial charge in [-0.3, -0.25) is 0 Å². The molecule has 2 aromatic rings. The van der Waals surface area contributed by atoms with Crippen molar-refractivity contribution in [1.29, 1.82) is 0 Å². The predicted molar refractivity (Wildman–Crippen MR) is 68.1 cm³/mol. The second-order valence-electron chi connectivity index (χ2n) is 3.04. The van der Waals surface area contributed by atoms with E-state index in [1.807, 2.05) is 29.6 Å². The smallest absolute Gasteiger partial charge is 0.123 e. The average Bonchev–Trinajstić information content (AvgIpc) is 2.76. The molecule has 0 aliphatic rings. The van der Waals surface area contributed by atoms with E-state index in [4.69, 9.17) is 5.53 Å². The summed E-state index contributed by atoms with van der Waals surface area (Å²) in [6, 6.07) is 7.95. The maximum atomic E-state index is 8.21. The van der Waals surface area contributed by atoms with E-state index in [0.717, 1.165) is 20.7 Å².